The van der Waals surface area contributed by atoms with Gasteiger partial charge in [0.15, 0.2) is 11.4 Å². The molecule has 0 atom stereocenters. The summed E-state index contributed by atoms with van der Waals surface area (Å²) in [6.07, 6.45) is 1.10. The molecule has 0 aliphatic heterocycles. The Bertz CT molecular complexity index is 2070. The van der Waals surface area contributed by atoms with Gasteiger partial charge in [-0.3, -0.25) is 0 Å². The molecule has 0 amide bonds. The first-order valence-electron chi connectivity index (χ1n) is 16.2. The van der Waals surface area contributed by atoms with E-state index in [-0.39, 0.29) is 21.5 Å². The van der Waals surface area contributed by atoms with Gasteiger partial charge in [0.1, 0.15) is 11.5 Å². The molecule has 0 saturated carbocycles. The average Bonchev–Trinajstić information content (AvgIpc) is 3.22. The van der Waals surface area contributed by atoms with E-state index >= 15 is 0 Å². The van der Waals surface area contributed by atoms with Crippen LogP contribution in [-0.4, -0.2) is 25.8 Å². The summed E-state index contributed by atoms with van der Waals surface area (Å²) in [5.41, 5.74) is 2.72. The predicted octanol–water partition coefficient (Wildman–Crippen LogP) is 9.73. The Morgan fingerprint density at radius 2 is 1.04 bits per heavy atom. The van der Waals surface area contributed by atoms with Gasteiger partial charge in [0.25, 0.3) is 0 Å². The van der Waals surface area contributed by atoms with Crippen LogP contribution < -0.4 is 39.6 Å². The Balaban J connectivity index is 0.000000204. The molecule has 54 heavy (non-hydrogen) atoms. The number of rotatable bonds is 10. The zero-order valence-corrected chi connectivity index (χ0v) is 36.3. The minimum absolute atomic E-state index is 0.104. The second kappa shape index (κ2) is 25.9. The van der Waals surface area contributed by atoms with E-state index in [1.165, 1.54) is 15.4 Å². The number of nitrogens with two attached hydrogens (primary N) is 1. The van der Waals surface area contributed by atoms with E-state index in [4.69, 9.17) is 31.3 Å². The SMILES string of the molecule is COc1ccc(S)cc1.COc1ccc(Sc2cccc(CC[I-]N)c2)cc1.[C-]#[N+]c1cccc(Br)c1.[C-]#[N+]c1cccc(Sc2ccc(OC)cc2)c1. The largest absolute Gasteiger partial charge is 0.497 e. The Morgan fingerprint density at radius 1 is 0.593 bits per heavy atom. The number of alkyl halides is 1. The molecule has 278 valence electrons. The number of halogens is 2. The van der Waals surface area contributed by atoms with Gasteiger partial charge in [-0.25, -0.2) is 9.69 Å². The molecule has 0 bridgehead atoms. The molecule has 6 nitrogen and oxygen atoms in total. The topological polar surface area (TPSA) is 62.4 Å². The molecule has 0 aliphatic carbocycles. The molecular weight excluding hydrogens is 909 g/mol. The molecule has 0 aliphatic rings. The fourth-order valence-electron chi connectivity index (χ4n) is 4.23. The maximum absolute atomic E-state index is 6.97. The second-order valence-electron chi connectivity index (χ2n) is 10.7. The Hall–Kier alpha value is -4.08. The van der Waals surface area contributed by atoms with Gasteiger partial charge in [0, 0.05) is 19.2 Å². The quantitative estimate of drug-likeness (QED) is 0.0470. The molecule has 0 spiro atoms. The molecule has 0 fully saturated rings. The third kappa shape index (κ3) is 17.4. The summed E-state index contributed by atoms with van der Waals surface area (Å²) in [5.74, 6) is 2.61. The Morgan fingerprint density at radius 3 is 1.48 bits per heavy atom. The van der Waals surface area contributed by atoms with Crippen LogP contribution in [0.3, 0.4) is 0 Å². The maximum atomic E-state index is 6.97. The van der Waals surface area contributed by atoms with Crippen molar-refractivity contribution in [1.82, 2.24) is 0 Å². The summed E-state index contributed by atoms with van der Waals surface area (Å²) in [6, 6.07) is 47.2. The van der Waals surface area contributed by atoms with Crippen molar-refractivity contribution < 1.29 is 35.7 Å². The number of benzene rings is 6. The van der Waals surface area contributed by atoms with Crippen LogP contribution in [0.4, 0.5) is 11.4 Å². The van der Waals surface area contributed by atoms with Crippen molar-refractivity contribution in [3.63, 3.8) is 0 Å². The first kappa shape index (κ1) is 44.3. The van der Waals surface area contributed by atoms with Crippen molar-refractivity contribution in [2.45, 2.75) is 30.9 Å². The van der Waals surface area contributed by atoms with Crippen molar-refractivity contribution in [3.8, 4) is 17.2 Å². The first-order chi connectivity index (χ1) is 26.3. The summed E-state index contributed by atoms with van der Waals surface area (Å²) in [7, 11) is 4.99. The molecule has 0 aromatic heterocycles. The maximum Gasteiger partial charge on any atom is 0.188 e. The van der Waals surface area contributed by atoms with E-state index < -0.39 is 0 Å². The molecule has 0 saturated heterocycles. The van der Waals surface area contributed by atoms with Gasteiger partial charge in [-0.15, -0.1) is 12.6 Å². The van der Waals surface area contributed by atoms with Crippen LogP contribution in [0.15, 0.2) is 175 Å². The van der Waals surface area contributed by atoms with Crippen molar-refractivity contribution in [3.05, 3.63) is 178 Å². The smallest absolute Gasteiger partial charge is 0.188 e. The van der Waals surface area contributed by atoms with Crippen LogP contribution in [0.5, 0.6) is 17.2 Å². The first-order valence-corrected chi connectivity index (χ1v) is 21.9. The molecule has 6 aromatic carbocycles. The fourth-order valence-corrected chi connectivity index (χ4v) is 7.47. The molecule has 0 heterocycles. The van der Waals surface area contributed by atoms with E-state index in [2.05, 4.69) is 74.6 Å². The zero-order valence-electron chi connectivity index (χ0n) is 30.0. The van der Waals surface area contributed by atoms with Crippen molar-refractivity contribution in [2.24, 2.45) is 3.95 Å². The third-order valence-electron chi connectivity index (χ3n) is 6.94. The van der Waals surface area contributed by atoms with E-state index in [1.807, 2.05) is 97.1 Å². The summed E-state index contributed by atoms with van der Waals surface area (Å²) >= 11 is 10.7. The van der Waals surface area contributed by atoms with Crippen molar-refractivity contribution in [2.75, 3.05) is 25.8 Å². The van der Waals surface area contributed by atoms with Gasteiger partial charge >= 0.3 is 130 Å². The van der Waals surface area contributed by atoms with Crippen LogP contribution >= 0.6 is 52.1 Å². The van der Waals surface area contributed by atoms with E-state index in [0.29, 0.717) is 11.4 Å². The number of ether oxygens (including phenoxy) is 3. The Kier molecular flexibility index (Phi) is 21.2. The second-order valence-corrected chi connectivity index (χ2v) is 16.4. The molecule has 6 aromatic rings. The van der Waals surface area contributed by atoms with E-state index in [0.717, 1.165) is 47.3 Å². The van der Waals surface area contributed by atoms with Crippen LogP contribution in [0.25, 0.3) is 9.69 Å². The molecular formula is C43H40BrIN3O3S3-. The normalized spacial score (nSPS) is 9.70. The minimum Gasteiger partial charge on any atom is -0.497 e. The summed E-state index contributed by atoms with van der Waals surface area (Å²) in [6.45, 7) is 13.6. The number of nitrogens with zero attached hydrogens (tertiary/aromatic N) is 2. The van der Waals surface area contributed by atoms with E-state index in [9.17, 15) is 0 Å². The van der Waals surface area contributed by atoms with Gasteiger partial charge in [-0.1, -0.05) is 64.1 Å². The molecule has 11 heteroatoms. The standard InChI is InChI=1S/C15H17INOS.C14H11NOS.C7H4BrN.C7H8OS/c1-18-13-5-7-14(8-6-13)19-15-4-2-3-12(11-15)9-10-16-17;1-15-11-4-3-5-14(10-11)17-13-8-6-12(16-2)7-9-13;1-9-7-4-2-3-6(8)5-7;1-8-6-2-4-7(9)5-3-6/h2-8,11H,9-10,17H2,1H3;3-10H,2H3;2-5H;2-5,9H,1H3/q-1;;;. The molecule has 0 radical (unpaired) electrons. The van der Waals surface area contributed by atoms with Crippen LogP contribution in [0.2, 0.25) is 0 Å². The number of methoxy groups -OCH3 is 3. The molecule has 2 N–H and O–H groups in total. The Labute approximate surface area is 352 Å². The summed E-state index contributed by atoms with van der Waals surface area (Å²) in [5, 5.41) is 0. The molecule has 0 unspecified atom stereocenters. The van der Waals surface area contributed by atoms with Gasteiger partial charge in [-0.05, 0) is 60.7 Å². The van der Waals surface area contributed by atoms with Gasteiger partial charge in [-0.2, -0.15) is 0 Å². The van der Waals surface area contributed by atoms with Gasteiger partial charge in [0.05, 0.1) is 27.4 Å². The number of aryl methyl sites for hydroxylation is 1. The van der Waals surface area contributed by atoms with Crippen molar-refractivity contribution in [1.29, 1.82) is 0 Å². The summed E-state index contributed by atoms with van der Waals surface area (Å²) < 4.78 is 23.0. The average molecular weight is 950 g/mol. The monoisotopic (exact) mass is 948 g/mol. The third-order valence-corrected chi connectivity index (χ3v) is 10.9. The number of hydrogen-bond donors (Lipinski definition) is 2. The van der Waals surface area contributed by atoms with Crippen LogP contribution in [0.1, 0.15) is 5.56 Å². The summed E-state index contributed by atoms with van der Waals surface area (Å²) in [4.78, 5) is 12.3. The molecule has 6 rings (SSSR count). The fraction of sp³-hybridized carbons (Fsp3) is 0.116. The zero-order chi connectivity index (χ0) is 39.0. The van der Waals surface area contributed by atoms with Crippen LogP contribution in [-0.2, 0) is 6.42 Å². The number of thiol groups is 1. The van der Waals surface area contributed by atoms with Gasteiger partial charge in [0.2, 0.25) is 0 Å². The van der Waals surface area contributed by atoms with Crippen LogP contribution in [0, 0.1) is 13.1 Å². The van der Waals surface area contributed by atoms with Gasteiger partial charge < -0.3 is 9.47 Å². The minimum atomic E-state index is -0.104. The number of hydrogen-bond acceptors (Lipinski definition) is 7. The van der Waals surface area contributed by atoms with E-state index in [1.54, 1.807) is 57.0 Å². The van der Waals surface area contributed by atoms with Crippen molar-refractivity contribution >= 4 is 63.5 Å². The predicted molar refractivity (Wildman–Crippen MR) is 227 cm³/mol.